The van der Waals surface area contributed by atoms with Crippen LogP contribution in [0.1, 0.15) is 23.7 Å². The first-order valence-corrected chi connectivity index (χ1v) is 6.88. The molecular formula is C16H16N2O3. The Bertz CT molecular complexity index is 727. The fraction of sp³-hybridized carbons (Fsp3) is 0.250. The van der Waals surface area contributed by atoms with Crippen molar-refractivity contribution in [2.75, 3.05) is 0 Å². The van der Waals surface area contributed by atoms with E-state index in [-0.39, 0.29) is 23.1 Å². The van der Waals surface area contributed by atoms with Crippen molar-refractivity contribution in [1.29, 1.82) is 0 Å². The summed E-state index contributed by atoms with van der Waals surface area (Å²) in [5, 5.41) is 11.6. The van der Waals surface area contributed by atoms with Crippen LogP contribution >= 0.6 is 0 Å². The Kier molecular flexibility index (Phi) is 3.25. The molecule has 2 aromatic rings. The first-order chi connectivity index (χ1) is 10.1. The minimum atomic E-state index is -0.528. The lowest BCUT2D eigenvalue weighted by molar-refractivity contribution is -0.123. The van der Waals surface area contributed by atoms with Crippen molar-refractivity contribution in [3.05, 3.63) is 42.0 Å². The number of phenols is 1. The summed E-state index contributed by atoms with van der Waals surface area (Å²) in [5.41, 5.74) is 4.88. The smallest absolute Gasteiger partial charge is 0.273 e. The second-order valence-corrected chi connectivity index (χ2v) is 5.48. The number of carbonyl (C=O) groups is 2. The molecule has 108 valence electrons. The molecule has 2 atom stereocenters. The minimum absolute atomic E-state index is 0.0181. The van der Waals surface area contributed by atoms with Gasteiger partial charge in [0.05, 0.1) is 5.56 Å². The van der Waals surface area contributed by atoms with Gasteiger partial charge < -0.3 is 5.11 Å². The largest absolute Gasteiger partial charge is 0.507 e. The lowest BCUT2D eigenvalue weighted by atomic mass is 10.1. The summed E-state index contributed by atoms with van der Waals surface area (Å²) in [7, 11) is 0. The van der Waals surface area contributed by atoms with E-state index in [0.717, 1.165) is 17.2 Å². The maximum atomic E-state index is 12.1. The van der Waals surface area contributed by atoms with Crippen LogP contribution in [0.4, 0.5) is 0 Å². The molecule has 2 aromatic carbocycles. The van der Waals surface area contributed by atoms with Crippen LogP contribution in [0, 0.1) is 11.8 Å². The molecule has 0 heterocycles. The number of hydrogen-bond donors (Lipinski definition) is 3. The number of fused-ring (bicyclic) bond motifs is 1. The highest BCUT2D eigenvalue weighted by molar-refractivity contribution is 6.02. The van der Waals surface area contributed by atoms with E-state index >= 15 is 0 Å². The standard InChI is InChI=1S/C16H16N2O3/c1-9-6-12(9)15(20)17-18-16(21)13-7-10-4-2-3-5-11(10)8-14(13)19/h2-5,7-9,12,19H,6H2,1H3,(H,17,20)(H,18,21). The quantitative estimate of drug-likeness (QED) is 0.738. The normalized spacial score (nSPS) is 20.0. The molecule has 3 rings (SSSR count). The SMILES string of the molecule is CC1CC1C(=O)NNC(=O)c1cc2ccccc2cc1O. The Morgan fingerprint density at radius 3 is 2.38 bits per heavy atom. The van der Waals surface area contributed by atoms with Crippen LogP contribution in [0.3, 0.4) is 0 Å². The Balaban J connectivity index is 1.74. The predicted octanol–water partition coefficient (Wildman–Crippen LogP) is 1.96. The van der Waals surface area contributed by atoms with Crippen molar-refractivity contribution >= 4 is 22.6 Å². The third kappa shape index (κ3) is 2.67. The number of amides is 2. The summed E-state index contributed by atoms with van der Waals surface area (Å²) in [5.74, 6) is -0.470. The van der Waals surface area contributed by atoms with E-state index in [1.54, 1.807) is 6.07 Å². The van der Waals surface area contributed by atoms with Gasteiger partial charge in [-0.2, -0.15) is 0 Å². The van der Waals surface area contributed by atoms with Crippen molar-refractivity contribution in [3.63, 3.8) is 0 Å². The van der Waals surface area contributed by atoms with Gasteiger partial charge in [0, 0.05) is 5.92 Å². The highest BCUT2D eigenvalue weighted by atomic mass is 16.3. The van der Waals surface area contributed by atoms with E-state index in [1.807, 2.05) is 31.2 Å². The third-order valence-corrected chi connectivity index (χ3v) is 3.85. The van der Waals surface area contributed by atoms with Crippen LogP contribution in [0.15, 0.2) is 36.4 Å². The minimum Gasteiger partial charge on any atom is -0.507 e. The van der Waals surface area contributed by atoms with Crippen molar-refractivity contribution in [1.82, 2.24) is 10.9 Å². The average Bonchev–Trinajstić information content (AvgIpc) is 3.20. The molecule has 0 aliphatic heterocycles. The molecule has 21 heavy (non-hydrogen) atoms. The van der Waals surface area contributed by atoms with Gasteiger partial charge in [0.1, 0.15) is 5.75 Å². The van der Waals surface area contributed by atoms with E-state index in [2.05, 4.69) is 10.9 Å². The van der Waals surface area contributed by atoms with Crippen LogP contribution in [0.25, 0.3) is 10.8 Å². The molecule has 1 aliphatic carbocycles. The first-order valence-electron chi connectivity index (χ1n) is 6.88. The zero-order chi connectivity index (χ0) is 15.0. The molecule has 5 heteroatoms. The highest BCUT2D eigenvalue weighted by Crippen LogP contribution is 2.37. The predicted molar refractivity (Wildman–Crippen MR) is 78.5 cm³/mol. The van der Waals surface area contributed by atoms with Gasteiger partial charge in [-0.1, -0.05) is 31.2 Å². The molecule has 0 spiro atoms. The highest BCUT2D eigenvalue weighted by Gasteiger charge is 2.39. The molecule has 3 N–H and O–H groups in total. The molecule has 1 aliphatic rings. The molecule has 0 aromatic heterocycles. The topological polar surface area (TPSA) is 78.4 Å². The van der Waals surface area contributed by atoms with Crippen molar-refractivity contribution < 1.29 is 14.7 Å². The summed E-state index contributed by atoms with van der Waals surface area (Å²) in [6.45, 7) is 1.99. The van der Waals surface area contributed by atoms with Gasteiger partial charge in [-0.15, -0.1) is 0 Å². The molecular weight excluding hydrogens is 268 g/mol. The van der Waals surface area contributed by atoms with Gasteiger partial charge in [-0.05, 0) is 35.2 Å². The summed E-state index contributed by atoms with van der Waals surface area (Å²) in [6, 6.07) is 10.6. The van der Waals surface area contributed by atoms with Gasteiger partial charge in [0.15, 0.2) is 0 Å². The van der Waals surface area contributed by atoms with E-state index < -0.39 is 5.91 Å². The van der Waals surface area contributed by atoms with Crippen LogP contribution in [-0.4, -0.2) is 16.9 Å². The molecule has 1 fully saturated rings. The van der Waals surface area contributed by atoms with E-state index in [0.29, 0.717) is 5.92 Å². The second-order valence-electron chi connectivity index (χ2n) is 5.48. The summed E-state index contributed by atoms with van der Waals surface area (Å²) >= 11 is 0. The van der Waals surface area contributed by atoms with Crippen LogP contribution in [0.5, 0.6) is 5.75 Å². The van der Waals surface area contributed by atoms with Gasteiger partial charge in [-0.25, -0.2) is 0 Å². The monoisotopic (exact) mass is 284 g/mol. The van der Waals surface area contributed by atoms with Crippen molar-refractivity contribution in [2.45, 2.75) is 13.3 Å². The number of benzene rings is 2. The molecule has 5 nitrogen and oxygen atoms in total. The van der Waals surface area contributed by atoms with Crippen LogP contribution in [-0.2, 0) is 4.79 Å². The maximum absolute atomic E-state index is 12.1. The van der Waals surface area contributed by atoms with Crippen LogP contribution in [0.2, 0.25) is 0 Å². The zero-order valence-electron chi connectivity index (χ0n) is 11.6. The number of hydrogen-bond acceptors (Lipinski definition) is 3. The first kappa shape index (κ1) is 13.4. The van der Waals surface area contributed by atoms with Gasteiger partial charge in [-0.3, -0.25) is 20.4 Å². The second kappa shape index (κ2) is 5.09. The molecule has 0 radical (unpaired) electrons. The lowest BCUT2D eigenvalue weighted by Crippen LogP contribution is -2.42. The number of aromatic hydroxyl groups is 1. The fourth-order valence-electron chi connectivity index (χ4n) is 2.38. The molecule has 2 amide bonds. The molecule has 0 saturated heterocycles. The Hall–Kier alpha value is -2.56. The van der Waals surface area contributed by atoms with Crippen molar-refractivity contribution in [2.24, 2.45) is 11.8 Å². The molecule has 2 unspecified atom stereocenters. The lowest BCUT2D eigenvalue weighted by Gasteiger charge is -2.09. The van der Waals surface area contributed by atoms with Crippen molar-refractivity contribution in [3.8, 4) is 5.75 Å². The van der Waals surface area contributed by atoms with E-state index in [1.165, 1.54) is 6.07 Å². The maximum Gasteiger partial charge on any atom is 0.273 e. The average molecular weight is 284 g/mol. The van der Waals surface area contributed by atoms with E-state index in [9.17, 15) is 14.7 Å². The van der Waals surface area contributed by atoms with Gasteiger partial charge in [0.25, 0.3) is 5.91 Å². The van der Waals surface area contributed by atoms with E-state index in [4.69, 9.17) is 0 Å². The summed E-state index contributed by atoms with van der Waals surface area (Å²) in [4.78, 5) is 23.7. The number of phenolic OH excluding ortho intramolecular Hbond substituents is 1. The Labute approximate surface area is 121 Å². The van der Waals surface area contributed by atoms with Gasteiger partial charge in [0.2, 0.25) is 5.91 Å². The summed E-state index contributed by atoms with van der Waals surface area (Å²) < 4.78 is 0. The number of rotatable bonds is 2. The Morgan fingerprint density at radius 2 is 1.76 bits per heavy atom. The number of nitrogens with one attached hydrogen (secondary N) is 2. The Morgan fingerprint density at radius 1 is 1.14 bits per heavy atom. The van der Waals surface area contributed by atoms with Gasteiger partial charge >= 0.3 is 0 Å². The number of hydrazine groups is 1. The van der Waals surface area contributed by atoms with Crippen LogP contribution < -0.4 is 10.9 Å². The number of carbonyl (C=O) groups excluding carboxylic acids is 2. The summed E-state index contributed by atoms with van der Waals surface area (Å²) in [6.07, 6.45) is 0.850. The molecule has 0 bridgehead atoms. The zero-order valence-corrected chi connectivity index (χ0v) is 11.6. The molecule has 1 saturated carbocycles. The third-order valence-electron chi connectivity index (χ3n) is 3.85. The fourth-order valence-corrected chi connectivity index (χ4v) is 2.38.